The Labute approximate surface area is 157 Å². The van der Waals surface area contributed by atoms with Crippen LogP contribution in [0, 0.1) is 5.92 Å². The third-order valence-corrected chi connectivity index (χ3v) is 4.94. The van der Waals surface area contributed by atoms with Gasteiger partial charge in [-0.3, -0.25) is 4.99 Å². The normalized spacial score (nSPS) is 20.7. The number of aliphatic imine (C=N–C) groups is 1. The van der Waals surface area contributed by atoms with Gasteiger partial charge in [-0.1, -0.05) is 6.07 Å². The number of nitrogens with one attached hydrogen (secondary N) is 1. The van der Waals surface area contributed by atoms with E-state index in [9.17, 15) is 0 Å². The molecule has 2 heterocycles. The van der Waals surface area contributed by atoms with Crippen LogP contribution >= 0.6 is 0 Å². The molecular weight excluding hydrogens is 328 g/mol. The summed E-state index contributed by atoms with van der Waals surface area (Å²) in [4.78, 5) is 9.50. The van der Waals surface area contributed by atoms with Crippen LogP contribution in [-0.2, 0) is 6.54 Å². The highest BCUT2D eigenvalue weighted by Gasteiger charge is 2.18. The molecule has 0 radical (unpaired) electrons. The van der Waals surface area contributed by atoms with E-state index in [4.69, 9.17) is 14.5 Å². The topological polar surface area (TPSA) is 49.3 Å². The van der Waals surface area contributed by atoms with Gasteiger partial charge in [0.05, 0.1) is 0 Å². The SMILES string of the molecule is CCNC(=NCC1CCCN(C)C1)N(C)Cc1ccc2c(c1)OCCO2. The maximum Gasteiger partial charge on any atom is 0.193 e. The number of likely N-dealkylation sites (tertiary alicyclic amines) is 1. The fraction of sp³-hybridized carbons (Fsp3) is 0.650. The van der Waals surface area contributed by atoms with E-state index in [1.165, 1.54) is 24.9 Å². The second-order valence-electron chi connectivity index (χ2n) is 7.30. The Morgan fingerprint density at radius 3 is 2.88 bits per heavy atom. The number of nitrogens with zero attached hydrogens (tertiary/aromatic N) is 3. The molecule has 1 atom stereocenters. The Kier molecular flexibility index (Phi) is 6.61. The van der Waals surface area contributed by atoms with Crippen LogP contribution in [0.2, 0.25) is 0 Å². The molecule has 1 unspecified atom stereocenters. The van der Waals surface area contributed by atoms with Crippen molar-refractivity contribution >= 4 is 5.96 Å². The number of hydrogen-bond donors (Lipinski definition) is 1. The molecule has 0 bridgehead atoms. The van der Waals surface area contributed by atoms with Gasteiger partial charge in [0.25, 0.3) is 0 Å². The minimum Gasteiger partial charge on any atom is -0.486 e. The number of fused-ring (bicyclic) bond motifs is 1. The number of hydrogen-bond acceptors (Lipinski definition) is 4. The average molecular weight is 361 g/mol. The molecule has 0 aromatic heterocycles. The van der Waals surface area contributed by atoms with Crippen molar-refractivity contribution in [2.45, 2.75) is 26.3 Å². The van der Waals surface area contributed by atoms with Crippen molar-refractivity contribution in [2.24, 2.45) is 10.9 Å². The average Bonchev–Trinajstić information content (AvgIpc) is 2.65. The highest BCUT2D eigenvalue weighted by atomic mass is 16.6. The maximum absolute atomic E-state index is 5.70. The van der Waals surface area contributed by atoms with Crippen molar-refractivity contribution in [1.82, 2.24) is 15.1 Å². The molecule has 1 aromatic rings. The molecule has 6 nitrogen and oxygen atoms in total. The highest BCUT2D eigenvalue weighted by molar-refractivity contribution is 5.79. The molecule has 1 N–H and O–H groups in total. The Hall–Kier alpha value is -1.95. The van der Waals surface area contributed by atoms with Gasteiger partial charge in [-0.2, -0.15) is 0 Å². The van der Waals surface area contributed by atoms with Gasteiger partial charge in [0.1, 0.15) is 13.2 Å². The van der Waals surface area contributed by atoms with E-state index in [0.717, 1.165) is 43.6 Å². The summed E-state index contributed by atoms with van der Waals surface area (Å²) in [6, 6.07) is 6.17. The predicted octanol–water partition coefficient (Wildman–Crippen LogP) is 2.20. The van der Waals surface area contributed by atoms with E-state index in [2.05, 4.69) is 48.3 Å². The van der Waals surface area contributed by atoms with E-state index in [1.807, 2.05) is 6.07 Å². The second-order valence-corrected chi connectivity index (χ2v) is 7.30. The van der Waals surface area contributed by atoms with Gasteiger partial charge in [-0.15, -0.1) is 0 Å². The lowest BCUT2D eigenvalue weighted by Gasteiger charge is -2.29. The number of ether oxygens (including phenoxy) is 2. The smallest absolute Gasteiger partial charge is 0.193 e. The minimum absolute atomic E-state index is 0.617. The van der Waals surface area contributed by atoms with Crippen LogP contribution < -0.4 is 14.8 Å². The molecule has 0 saturated carbocycles. The van der Waals surface area contributed by atoms with Crippen molar-refractivity contribution in [1.29, 1.82) is 0 Å². The zero-order valence-corrected chi connectivity index (χ0v) is 16.3. The van der Waals surface area contributed by atoms with Crippen LogP contribution in [0.4, 0.5) is 0 Å². The quantitative estimate of drug-likeness (QED) is 0.644. The van der Waals surface area contributed by atoms with E-state index >= 15 is 0 Å². The molecule has 0 amide bonds. The van der Waals surface area contributed by atoms with Crippen LogP contribution in [0.15, 0.2) is 23.2 Å². The first-order valence-corrected chi connectivity index (χ1v) is 9.72. The first kappa shape index (κ1) is 18.8. The number of guanidine groups is 1. The van der Waals surface area contributed by atoms with Crippen LogP contribution in [-0.4, -0.2) is 69.2 Å². The lowest BCUT2D eigenvalue weighted by Crippen LogP contribution is -2.39. The molecule has 6 heteroatoms. The Morgan fingerprint density at radius 1 is 1.31 bits per heavy atom. The molecule has 2 aliphatic heterocycles. The summed E-state index contributed by atoms with van der Waals surface area (Å²) in [5.74, 6) is 3.31. The van der Waals surface area contributed by atoms with E-state index in [-0.39, 0.29) is 0 Å². The largest absolute Gasteiger partial charge is 0.486 e. The Morgan fingerprint density at radius 2 is 2.12 bits per heavy atom. The van der Waals surface area contributed by atoms with Crippen LogP contribution in [0.25, 0.3) is 0 Å². The Bertz CT molecular complexity index is 620. The van der Waals surface area contributed by atoms with Gasteiger partial charge in [-0.25, -0.2) is 0 Å². The summed E-state index contributed by atoms with van der Waals surface area (Å²) in [5.41, 5.74) is 1.19. The van der Waals surface area contributed by atoms with Crippen LogP contribution in [0.3, 0.4) is 0 Å². The first-order chi connectivity index (χ1) is 12.7. The van der Waals surface area contributed by atoms with Gasteiger partial charge < -0.3 is 24.6 Å². The molecule has 3 rings (SSSR count). The molecule has 144 valence electrons. The Balaban J connectivity index is 1.62. The summed E-state index contributed by atoms with van der Waals surface area (Å²) < 4.78 is 11.3. The van der Waals surface area contributed by atoms with Gasteiger partial charge in [0, 0.05) is 33.2 Å². The summed E-state index contributed by atoms with van der Waals surface area (Å²) in [6.07, 6.45) is 2.55. The van der Waals surface area contributed by atoms with Gasteiger partial charge in [0.2, 0.25) is 0 Å². The van der Waals surface area contributed by atoms with Crippen molar-refractivity contribution in [3.8, 4) is 11.5 Å². The monoisotopic (exact) mass is 360 g/mol. The molecule has 1 aromatic carbocycles. The summed E-state index contributed by atoms with van der Waals surface area (Å²) in [7, 11) is 4.29. The number of piperidine rings is 1. The standard InChI is InChI=1S/C20H32N4O2/c1-4-21-20(22-13-17-6-5-9-23(2)14-17)24(3)15-16-7-8-18-19(12-16)26-11-10-25-18/h7-8,12,17H,4-6,9-11,13-15H2,1-3H3,(H,21,22). The van der Waals surface area contributed by atoms with Gasteiger partial charge >= 0.3 is 0 Å². The molecule has 1 saturated heterocycles. The fourth-order valence-electron chi connectivity index (χ4n) is 3.64. The van der Waals surface area contributed by atoms with E-state index in [1.54, 1.807) is 0 Å². The summed E-state index contributed by atoms with van der Waals surface area (Å²) >= 11 is 0. The number of benzene rings is 1. The zero-order chi connectivity index (χ0) is 18.4. The van der Waals surface area contributed by atoms with Gasteiger partial charge in [0.15, 0.2) is 17.5 Å². The van der Waals surface area contributed by atoms with Crippen molar-refractivity contribution in [3.05, 3.63) is 23.8 Å². The third kappa shape index (κ3) is 5.04. The summed E-state index contributed by atoms with van der Waals surface area (Å²) in [5, 5.41) is 3.42. The highest BCUT2D eigenvalue weighted by Crippen LogP contribution is 2.31. The minimum atomic E-state index is 0.617. The maximum atomic E-state index is 5.70. The summed E-state index contributed by atoms with van der Waals surface area (Å²) in [6.45, 7) is 8.26. The van der Waals surface area contributed by atoms with Crippen molar-refractivity contribution < 1.29 is 9.47 Å². The van der Waals surface area contributed by atoms with Crippen molar-refractivity contribution in [2.75, 3.05) is 53.5 Å². The van der Waals surface area contributed by atoms with Crippen LogP contribution in [0.1, 0.15) is 25.3 Å². The van der Waals surface area contributed by atoms with Crippen LogP contribution in [0.5, 0.6) is 11.5 Å². The first-order valence-electron chi connectivity index (χ1n) is 9.72. The predicted molar refractivity (Wildman–Crippen MR) is 105 cm³/mol. The molecular formula is C20H32N4O2. The fourth-order valence-corrected chi connectivity index (χ4v) is 3.64. The molecule has 2 aliphatic rings. The molecule has 0 aliphatic carbocycles. The van der Waals surface area contributed by atoms with Gasteiger partial charge in [-0.05, 0) is 57.0 Å². The van der Waals surface area contributed by atoms with E-state index < -0.39 is 0 Å². The molecule has 0 spiro atoms. The third-order valence-electron chi connectivity index (χ3n) is 4.94. The molecule has 1 fully saturated rings. The zero-order valence-electron chi connectivity index (χ0n) is 16.3. The lowest BCUT2D eigenvalue weighted by molar-refractivity contribution is 0.171. The number of rotatable bonds is 5. The molecule has 26 heavy (non-hydrogen) atoms. The van der Waals surface area contributed by atoms with Crippen molar-refractivity contribution in [3.63, 3.8) is 0 Å². The lowest BCUT2D eigenvalue weighted by atomic mass is 9.99. The second kappa shape index (κ2) is 9.12. The van der Waals surface area contributed by atoms with E-state index in [0.29, 0.717) is 19.1 Å².